The van der Waals surface area contributed by atoms with Crippen molar-refractivity contribution >= 4 is 17.8 Å². The van der Waals surface area contributed by atoms with E-state index in [0.29, 0.717) is 35.8 Å². The summed E-state index contributed by atoms with van der Waals surface area (Å²) in [6, 6.07) is 11.7. The van der Waals surface area contributed by atoms with E-state index in [9.17, 15) is 14.4 Å². The molecule has 8 nitrogen and oxygen atoms in total. The van der Waals surface area contributed by atoms with Crippen LogP contribution in [0.2, 0.25) is 0 Å². The summed E-state index contributed by atoms with van der Waals surface area (Å²) in [6.07, 6.45) is 0. The van der Waals surface area contributed by atoms with E-state index in [2.05, 4.69) is 22.5 Å². The van der Waals surface area contributed by atoms with E-state index >= 15 is 0 Å². The fourth-order valence-electron chi connectivity index (χ4n) is 3.59. The molecule has 8 heteroatoms. The van der Waals surface area contributed by atoms with E-state index in [4.69, 9.17) is 9.47 Å². The molecule has 2 aliphatic heterocycles. The Hall–Kier alpha value is -3.99. The molecule has 0 saturated carbocycles. The molecule has 1 saturated heterocycles. The molecule has 2 aliphatic rings. The lowest BCUT2D eigenvalue weighted by Gasteiger charge is -2.26. The lowest BCUT2D eigenvalue weighted by atomic mass is 9.99. The summed E-state index contributed by atoms with van der Waals surface area (Å²) < 4.78 is 10.6. The number of carbonyl (C=O) groups excluding carboxylic acids is 3. The molecule has 2 aromatic rings. The van der Waals surface area contributed by atoms with E-state index < -0.39 is 17.5 Å². The Kier molecular flexibility index (Phi) is 5.26. The molecule has 2 heterocycles. The summed E-state index contributed by atoms with van der Waals surface area (Å²) >= 11 is 0. The van der Waals surface area contributed by atoms with Crippen LogP contribution < -0.4 is 20.1 Å². The van der Waals surface area contributed by atoms with Crippen molar-refractivity contribution in [2.45, 2.75) is 19.0 Å². The fourth-order valence-corrected chi connectivity index (χ4v) is 3.59. The molecule has 2 aromatic carbocycles. The second-order valence-corrected chi connectivity index (χ2v) is 7.21. The maximum absolute atomic E-state index is 12.9. The number of fused-ring (bicyclic) bond motifs is 1. The van der Waals surface area contributed by atoms with Crippen molar-refractivity contribution in [2.75, 3.05) is 20.3 Å². The van der Waals surface area contributed by atoms with Gasteiger partial charge in [-0.15, -0.1) is 0 Å². The monoisotopic (exact) mass is 419 g/mol. The number of nitrogens with one attached hydrogen (secondary N) is 2. The minimum atomic E-state index is -1.54. The van der Waals surface area contributed by atoms with E-state index in [1.165, 1.54) is 12.0 Å². The van der Waals surface area contributed by atoms with Gasteiger partial charge in [-0.05, 0) is 48.9 Å². The van der Waals surface area contributed by atoms with Gasteiger partial charge in [0.15, 0.2) is 0 Å². The van der Waals surface area contributed by atoms with Crippen LogP contribution in [0.4, 0.5) is 4.79 Å². The minimum Gasteiger partial charge on any atom is -0.497 e. The van der Waals surface area contributed by atoms with Crippen molar-refractivity contribution < 1.29 is 23.9 Å². The number of benzene rings is 2. The van der Waals surface area contributed by atoms with Crippen molar-refractivity contribution in [2.24, 2.45) is 0 Å². The van der Waals surface area contributed by atoms with Gasteiger partial charge in [-0.25, -0.2) is 4.79 Å². The Bertz CT molecular complexity index is 1120. The Balaban J connectivity index is 1.60. The van der Waals surface area contributed by atoms with Crippen LogP contribution in [0.25, 0.3) is 0 Å². The highest BCUT2D eigenvalue weighted by Gasteiger charge is 2.48. The molecule has 31 heavy (non-hydrogen) atoms. The quantitative estimate of drug-likeness (QED) is 0.568. The smallest absolute Gasteiger partial charge is 0.323 e. The number of hydrogen-bond donors (Lipinski definition) is 2. The van der Waals surface area contributed by atoms with Gasteiger partial charge >= 0.3 is 6.03 Å². The second kappa shape index (κ2) is 8.03. The standard InChI is InChI=1S/C23H21N3O5/c1-3-31-17-7-4-15(5-8-17)10-11-23(21(28)24-22(29)25-23)14-26-13-16-6-9-18(30-2)12-19(16)20(26)27/h4-9,12H,3,13-14H2,1-2H3,(H2,24,25,28,29)/t23-/m1/s1. The second-order valence-electron chi connectivity index (χ2n) is 7.21. The number of methoxy groups -OCH3 is 1. The Morgan fingerprint density at radius 2 is 1.84 bits per heavy atom. The molecule has 0 spiro atoms. The summed E-state index contributed by atoms with van der Waals surface area (Å²) in [5.41, 5.74) is 0.443. The van der Waals surface area contributed by atoms with Gasteiger partial charge in [0.2, 0.25) is 5.54 Å². The lowest BCUT2D eigenvalue weighted by molar-refractivity contribution is -0.122. The number of urea groups is 1. The maximum Gasteiger partial charge on any atom is 0.323 e. The summed E-state index contributed by atoms with van der Waals surface area (Å²) in [4.78, 5) is 39.0. The zero-order valence-electron chi connectivity index (χ0n) is 17.2. The number of hydrogen-bond acceptors (Lipinski definition) is 5. The van der Waals surface area contributed by atoms with Crippen LogP contribution in [0.15, 0.2) is 42.5 Å². The minimum absolute atomic E-state index is 0.0789. The zero-order chi connectivity index (χ0) is 22.0. The highest BCUT2D eigenvalue weighted by Crippen LogP contribution is 2.28. The molecule has 2 N–H and O–H groups in total. The van der Waals surface area contributed by atoms with Gasteiger partial charge in [0, 0.05) is 17.7 Å². The number of ether oxygens (including phenoxy) is 2. The molecule has 0 unspecified atom stereocenters. The van der Waals surface area contributed by atoms with Gasteiger partial charge < -0.3 is 19.7 Å². The third kappa shape index (κ3) is 3.90. The van der Waals surface area contributed by atoms with E-state index in [0.717, 1.165) is 5.56 Å². The van der Waals surface area contributed by atoms with Crippen LogP contribution in [-0.4, -0.2) is 48.5 Å². The van der Waals surface area contributed by atoms with Crippen molar-refractivity contribution in [3.63, 3.8) is 0 Å². The van der Waals surface area contributed by atoms with E-state index in [1.54, 1.807) is 36.4 Å². The largest absolute Gasteiger partial charge is 0.497 e. The Morgan fingerprint density at radius 3 is 2.48 bits per heavy atom. The molecular weight excluding hydrogens is 398 g/mol. The van der Waals surface area contributed by atoms with Gasteiger partial charge in [-0.2, -0.15) is 0 Å². The average molecular weight is 419 g/mol. The van der Waals surface area contributed by atoms with Crippen LogP contribution >= 0.6 is 0 Å². The molecule has 0 bridgehead atoms. The van der Waals surface area contributed by atoms with Crippen molar-refractivity contribution in [3.05, 3.63) is 59.2 Å². The highest BCUT2D eigenvalue weighted by atomic mass is 16.5. The first-order valence-corrected chi connectivity index (χ1v) is 9.80. The van der Waals surface area contributed by atoms with Crippen molar-refractivity contribution in [1.82, 2.24) is 15.5 Å². The molecule has 0 aromatic heterocycles. The molecule has 0 radical (unpaired) electrons. The Labute approximate surface area is 179 Å². The predicted molar refractivity (Wildman–Crippen MR) is 112 cm³/mol. The first-order chi connectivity index (χ1) is 14.9. The van der Waals surface area contributed by atoms with Crippen molar-refractivity contribution in [1.29, 1.82) is 0 Å². The third-order valence-corrected chi connectivity index (χ3v) is 5.15. The third-order valence-electron chi connectivity index (χ3n) is 5.15. The zero-order valence-corrected chi connectivity index (χ0v) is 17.2. The maximum atomic E-state index is 12.9. The first-order valence-electron chi connectivity index (χ1n) is 9.80. The number of rotatable bonds is 5. The SMILES string of the molecule is CCOc1ccc(C#C[C@]2(CN3Cc4ccc(OC)cc4C3=O)NC(=O)NC2=O)cc1. The van der Waals surface area contributed by atoms with Crippen LogP contribution in [-0.2, 0) is 11.3 Å². The highest BCUT2D eigenvalue weighted by molar-refractivity contribution is 6.10. The van der Waals surface area contributed by atoms with Gasteiger partial charge in [0.05, 0.1) is 20.3 Å². The Morgan fingerprint density at radius 1 is 1.10 bits per heavy atom. The molecule has 0 aliphatic carbocycles. The van der Waals surface area contributed by atoms with Gasteiger partial charge in [-0.3, -0.25) is 14.9 Å². The molecule has 4 rings (SSSR count). The van der Waals surface area contributed by atoms with E-state index in [1.807, 2.05) is 13.0 Å². The molecule has 1 atom stereocenters. The van der Waals surface area contributed by atoms with Gasteiger partial charge in [0.25, 0.3) is 11.8 Å². The summed E-state index contributed by atoms with van der Waals surface area (Å²) in [7, 11) is 1.53. The van der Waals surface area contributed by atoms with Gasteiger partial charge in [0.1, 0.15) is 11.5 Å². The number of amides is 4. The molecule has 158 valence electrons. The van der Waals surface area contributed by atoms with Crippen LogP contribution in [0, 0.1) is 11.8 Å². The molecular formula is C23H21N3O5. The first kappa shape index (κ1) is 20.3. The normalized spacial score (nSPS) is 19.3. The van der Waals surface area contributed by atoms with Crippen molar-refractivity contribution in [3.8, 4) is 23.3 Å². The molecule has 4 amide bonds. The fraction of sp³-hybridized carbons (Fsp3) is 0.261. The number of nitrogens with zero attached hydrogens (tertiary/aromatic N) is 1. The summed E-state index contributed by atoms with van der Waals surface area (Å²) in [5, 5.41) is 4.83. The topological polar surface area (TPSA) is 97.0 Å². The average Bonchev–Trinajstić information content (AvgIpc) is 3.22. The number of carbonyl (C=O) groups is 3. The van der Waals surface area contributed by atoms with Crippen LogP contribution in [0.5, 0.6) is 11.5 Å². The molecule has 1 fully saturated rings. The van der Waals surface area contributed by atoms with E-state index in [-0.39, 0.29) is 12.5 Å². The summed E-state index contributed by atoms with van der Waals surface area (Å²) in [6.45, 7) is 2.68. The lowest BCUT2D eigenvalue weighted by Crippen LogP contribution is -2.54. The van der Waals surface area contributed by atoms with Crippen LogP contribution in [0.3, 0.4) is 0 Å². The summed E-state index contributed by atoms with van der Waals surface area (Å²) in [5.74, 6) is 6.28. The predicted octanol–water partition coefficient (Wildman–Crippen LogP) is 1.68. The van der Waals surface area contributed by atoms with Gasteiger partial charge in [-0.1, -0.05) is 17.9 Å². The number of imide groups is 1. The van der Waals surface area contributed by atoms with Crippen LogP contribution in [0.1, 0.15) is 28.4 Å².